The van der Waals surface area contributed by atoms with Crippen LogP contribution in [0.4, 0.5) is 13.2 Å². The Kier molecular flexibility index (Phi) is 6.04. The van der Waals surface area contributed by atoms with Crippen LogP contribution in [-0.2, 0) is 11.0 Å². The van der Waals surface area contributed by atoms with Crippen LogP contribution < -0.4 is 4.74 Å². The highest BCUT2D eigenvalue weighted by molar-refractivity contribution is 6.32. The van der Waals surface area contributed by atoms with Crippen LogP contribution in [0.3, 0.4) is 0 Å². The number of ether oxygens (including phenoxy) is 1. The molecule has 146 valence electrons. The number of alkyl halides is 3. The molecule has 1 heterocycles. The summed E-state index contributed by atoms with van der Waals surface area (Å²) in [7, 11) is 0. The lowest BCUT2D eigenvalue weighted by Gasteiger charge is -2.23. The van der Waals surface area contributed by atoms with Gasteiger partial charge in [-0.2, -0.15) is 13.2 Å². The maximum absolute atomic E-state index is 12.8. The second-order valence-corrected chi connectivity index (χ2v) is 6.84. The summed E-state index contributed by atoms with van der Waals surface area (Å²) in [5.74, 6) is -1.71. The SMILES string of the molecule is Cc1c(Cl)cc(C(C)C(=O)O)c(OC(C)C)c1-c1ccc(C(F)(F)F)nc1. The van der Waals surface area contributed by atoms with Gasteiger partial charge >= 0.3 is 12.1 Å². The summed E-state index contributed by atoms with van der Waals surface area (Å²) >= 11 is 6.28. The summed E-state index contributed by atoms with van der Waals surface area (Å²) in [5, 5.41) is 9.70. The summed E-state index contributed by atoms with van der Waals surface area (Å²) in [6.45, 7) is 6.73. The smallest absolute Gasteiger partial charge is 0.433 e. The summed E-state index contributed by atoms with van der Waals surface area (Å²) in [5.41, 5.74) is 0.686. The Morgan fingerprint density at radius 2 is 1.89 bits per heavy atom. The molecule has 1 unspecified atom stereocenters. The van der Waals surface area contributed by atoms with Crippen molar-refractivity contribution in [3.8, 4) is 16.9 Å². The number of carboxylic acid groups (broad SMARTS) is 1. The quantitative estimate of drug-likeness (QED) is 0.697. The molecule has 0 spiro atoms. The summed E-state index contributed by atoms with van der Waals surface area (Å²) in [6.07, 6.45) is -3.75. The molecule has 1 aromatic carbocycles. The average Bonchev–Trinajstić information content (AvgIpc) is 2.56. The van der Waals surface area contributed by atoms with E-state index in [2.05, 4.69) is 4.98 Å². The van der Waals surface area contributed by atoms with Gasteiger partial charge in [-0.1, -0.05) is 17.7 Å². The minimum absolute atomic E-state index is 0.281. The number of halogens is 4. The first-order valence-electron chi connectivity index (χ1n) is 8.19. The summed E-state index contributed by atoms with van der Waals surface area (Å²) < 4.78 is 44.3. The van der Waals surface area contributed by atoms with Gasteiger partial charge in [0.15, 0.2) is 0 Å². The van der Waals surface area contributed by atoms with Gasteiger partial charge < -0.3 is 9.84 Å². The normalized spacial score (nSPS) is 12.9. The number of benzene rings is 1. The number of rotatable bonds is 5. The van der Waals surface area contributed by atoms with E-state index >= 15 is 0 Å². The van der Waals surface area contributed by atoms with Gasteiger partial charge in [0.05, 0.1) is 12.0 Å². The van der Waals surface area contributed by atoms with Crippen LogP contribution >= 0.6 is 11.6 Å². The van der Waals surface area contributed by atoms with Crippen molar-refractivity contribution in [2.24, 2.45) is 0 Å². The summed E-state index contributed by atoms with van der Waals surface area (Å²) in [6, 6.07) is 3.67. The molecule has 4 nitrogen and oxygen atoms in total. The molecule has 2 rings (SSSR count). The Morgan fingerprint density at radius 1 is 1.26 bits per heavy atom. The number of hydrogen-bond donors (Lipinski definition) is 1. The topological polar surface area (TPSA) is 59.4 Å². The molecular formula is C19H19ClF3NO3. The molecule has 0 radical (unpaired) electrons. The predicted octanol–water partition coefficient (Wildman–Crippen LogP) is 5.70. The molecule has 0 saturated heterocycles. The third-order valence-electron chi connectivity index (χ3n) is 4.04. The van der Waals surface area contributed by atoms with Crippen LogP contribution in [0.1, 0.15) is 43.5 Å². The zero-order valence-corrected chi connectivity index (χ0v) is 15.9. The van der Waals surface area contributed by atoms with E-state index in [4.69, 9.17) is 16.3 Å². The Hall–Kier alpha value is -2.28. The molecule has 2 aromatic rings. The Morgan fingerprint density at radius 3 is 2.33 bits per heavy atom. The molecule has 0 aliphatic carbocycles. The van der Waals surface area contributed by atoms with E-state index in [9.17, 15) is 23.1 Å². The molecule has 0 amide bonds. The number of hydrogen-bond acceptors (Lipinski definition) is 3. The Bertz CT molecular complexity index is 849. The van der Waals surface area contributed by atoms with Crippen molar-refractivity contribution in [1.29, 1.82) is 0 Å². The van der Waals surface area contributed by atoms with Crippen molar-refractivity contribution in [1.82, 2.24) is 4.98 Å². The van der Waals surface area contributed by atoms with Gasteiger partial charge in [0.1, 0.15) is 11.4 Å². The standard InChI is InChI=1S/C19H19ClF3NO3/c1-9(2)27-17-13(10(3)18(25)26)7-14(20)11(4)16(17)12-5-6-15(24-8-12)19(21,22)23/h5-10H,1-4H3,(H,25,26). The first kappa shape index (κ1) is 21.0. The fraction of sp³-hybridized carbons (Fsp3) is 0.368. The van der Waals surface area contributed by atoms with Gasteiger partial charge in [-0.25, -0.2) is 0 Å². The Labute approximate surface area is 159 Å². The van der Waals surface area contributed by atoms with Gasteiger partial charge in [-0.3, -0.25) is 9.78 Å². The molecular weight excluding hydrogens is 383 g/mol. The molecule has 1 aromatic heterocycles. The van der Waals surface area contributed by atoms with Crippen molar-refractivity contribution in [2.45, 2.75) is 45.9 Å². The fourth-order valence-electron chi connectivity index (χ4n) is 2.62. The highest BCUT2D eigenvalue weighted by Gasteiger charge is 2.32. The predicted molar refractivity (Wildman–Crippen MR) is 96.2 cm³/mol. The fourth-order valence-corrected chi connectivity index (χ4v) is 2.83. The van der Waals surface area contributed by atoms with Gasteiger partial charge in [-0.15, -0.1) is 0 Å². The first-order valence-corrected chi connectivity index (χ1v) is 8.57. The molecule has 0 fully saturated rings. The summed E-state index contributed by atoms with van der Waals surface area (Å²) in [4.78, 5) is 15.0. The van der Waals surface area contributed by atoms with Crippen LogP contribution in [0.5, 0.6) is 5.75 Å². The van der Waals surface area contributed by atoms with E-state index in [0.29, 0.717) is 27.3 Å². The molecule has 27 heavy (non-hydrogen) atoms. The van der Waals surface area contributed by atoms with E-state index in [-0.39, 0.29) is 11.9 Å². The van der Waals surface area contributed by atoms with Crippen LogP contribution in [0, 0.1) is 6.92 Å². The monoisotopic (exact) mass is 401 g/mol. The third-order valence-corrected chi connectivity index (χ3v) is 4.43. The molecule has 0 aliphatic heterocycles. The number of pyridine rings is 1. The molecule has 0 aliphatic rings. The average molecular weight is 402 g/mol. The van der Waals surface area contributed by atoms with E-state index in [1.54, 1.807) is 20.8 Å². The maximum atomic E-state index is 12.8. The molecule has 1 N–H and O–H groups in total. The largest absolute Gasteiger partial charge is 0.490 e. The number of aromatic nitrogens is 1. The Balaban J connectivity index is 2.75. The van der Waals surface area contributed by atoms with Crippen molar-refractivity contribution >= 4 is 17.6 Å². The van der Waals surface area contributed by atoms with Gasteiger partial charge in [0.2, 0.25) is 0 Å². The lowest BCUT2D eigenvalue weighted by Crippen LogP contribution is -2.14. The zero-order valence-electron chi connectivity index (χ0n) is 15.2. The zero-order chi connectivity index (χ0) is 20.5. The number of carboxylic acids is 1. The minimum Gasteiger partial charge on any atom is -0.490 e. The minimum atomic E-state index is -4.55. The second kappa shape index (κ2) is 7.76. The lowest BCUT2D eigenvalue weighted by molar-refractivity contribution is -0.141. The maximum Gasteiger partial charge on any atom is 0.433 e. The van der Waals surface area contributed by atoms with Crippen molar-refractivity contribution < 1.29 is 27.8 Å². The van der Waals surface area contributed by atoms with E-state index in [0.717, 1.165) is 12.3 Å². The number of carbonyl (C=O) groups is 1. The number of nitrogens with zero attached hydrogens (tertiary/aromatic N) is 1. The highest BCUT2D eigenvalue weighted by atomic mass is 35.5. The molecule has 0 saturated carbocycles. The van der Waals surface area contributed by atoms with Crippen molar-refractivity contribution in [3.05, 3.63) is 46.2 Å². The van der Waals surface area contributed by atoms with Crippen molar-refractivity contribution in [2.75, 3.05) is 0 Å². The molecule has 0 bridgehead atoms. The van der Waals surface area contributed by atoms with Crippen molar-refractivity contribution in [3.63, 3.8) is 0 Å². The van der Waals surface area contributed by atoms with Gasteiger partial charge in [0.25, 0.3) is 0 Å². The highest BCUT2D eigenvalue weighted by Crippen LogP contribution is 2.43. The van der Waals surface area contributed by atoms with Gasteiger partial charge in [0, 0.05) is 27.9 Å². The molecule has 1 atom stereocenters. The number of aliphatic carboxylic acids is 1. The molecule has 8 heteroatoms. The second-order valence-electron chi connectivity index (χ2n) is 6.43. The van der Waals surface area contributed by atoms with E-state index in [1.807, 2.05) is 0 Å². The van der Waals surface area contributed by atoms with Crippen LogP contribution in [-0.4, -0.2) is 22.2 Å². The van der Waals surface area contributed by atoms with Crippen LogP contribution in [0.15, 0.2) is 24.4 Å². The van der Waals surface area contributed by atoms with Gasteiger partial charge in [-0.05, 0) is 45.4 Å². The lowest BCUT2D eigenvalue weighted by atomic mass is 9.91. The van der Waals surface area contributed by atoms with E-state index < -0.39 is 23.8 Å². The third kappa shape index (κ3) is 4.53. The first-order chi connectivity index (χ1) is 12.4. The van der Waals surface area contributed by atoms with E-state index in [1.165, 1.54) is 19.1 Å². The van der Waals surface area contributed by atoms with Crippen LogP contribution in [0.25, 0.3) is 11.1 Å². The van der Waals surface area contributed by atoms with Crippen LogP contribution in [0.2, 0.25) is 5.02 Å².